The predicted molar refractivity (Wildman–Crippen MR) is 112 cm³/mol. The lowest BCUT2D eigenvalue weighted by Gasteiger charge is -2.16. The summed E-state index contributed by atoms with van der Waals surface area (Å²) in [6, 6.07) is 9.79. The van der Waals surface area contributed by atoms with E-state index >= 15 is 0 Å². The Bertz CT molecular complexity index is 815. The molecule has 0 atom stereocenters. The van der Waals surface area contributed by atoms with Crippen LogP contribution in [0.5, 0.6) is 11.5 Å². The van der Waals surface area contributed by atoms with E-state index in [0.29, 0.717) is 24.7 Å². The highest BCUT2D eigenvalue weighted by Gasteiger charge is 2.28. The fraction of sp³-hybridized carbons (Fsp3) is 0.381. The van der Waals surface area contributed by atoms with Crippen molar-refractivity contribution >= 4 is 40.2 Å². The first-order chi connectivity index (χ1) is 12.5. The Labute approximate surface area is 173 Å². The highest BCUT2D eigenvalue weighted by atomic mass is 127. The smallest absolute Gasteiger partial charge is 0.310 e. The highest BCUT2D eigenvalue weighted by molar-refractivity contribution is 14.1. The van der Waals surface area contributed by atoms with Crippen LogP contribution in [0.25, 0.3) is 0 Å². The van der Waals surface area contributed by atoms with Gasteiger partial charge in [0.05, 0.1) is 0 Å². The lowest BCUT2D eigenvalue weighted by molar-refractivity contribution is -0.134. The fourth-order valence-electron chi connectivity index (χ4n) is 2.85. The number of halogens is 2. The second kappa shape index (κ2) is 8.61. The van der Waals surface area contributed by atoms with Crippen LogP contribution < -0.4 is 9.47 Å². The van der Waals surface area contributed by atoms with E-state index in [-0.39, 0.29) is 5.97 Å². The predicted octanol–water partition coefficient (Wildman–Crippen LogP) is 6.28. The molecule has 0 bridgehead atoms. The van der Waals surface area contributed by atoms with Gasteiger partial charge in [0.15, 0.2) is 0 Å². The van der Waals surface area contributed by atoms with Crippen molar-refractivity contribution in [3.8, 4) is 11.5 Å². The molecule has 138 valence electrons. The summed E-state index contributed by atoms with van der Waals surface area (Å²) in [4.78, 5) is 11.7. The maximum Gasteiger partial charge on any atom is 0.310 e. The Morgan fingerprint density at radius 1 is 1.23 bits per heavy atom. The summed E-state index contributed by atoms with van der Waals surface area (Å²) in [5.41, 5.74) is 3.28. The summed E-state index contributed by atoms with van der Waals surface area (Å²) < 4.78 is 12.6. The fourth-order valence-corrected chi connectivity index (χ4v) is 3.76. The Morgan fingerprint density at radius 2 is 2.00 bits per heavy atom. The number of esters is 1. The minimum Gasteiger partial charge on any atom is -0.488 e. The maximum absolute atomic E-state index is 11.7. The molecule has 1 saturated carbocycles. The second-order valence-electron chi connectivity index (χ2n) is 6.44. The van der Waals surface area contributed by atoms with E-state index in [0.717, 1.165) is 31.9 Å². The van der Waals surface area contributed by atoms with Gasteiger partial charge in [-0.25, -0.2) is 0 Å². The third-order valence-corrected chi connectivity index (χ3v) is 5.90. The zero-order valence-corrected chi connectivity index (χ0v) is 17.9. The largest absolute Gasteiger partial charge is 0.488 e. The first-order valence-electron chi connectivity index (χ1n) is 8.96. The molecular weight excluding hydrogens is 463 g/mol. The Hall–Kier alpha value is -1.27. The molecule has 2 aromatic rings. The first-order valence-corrected chi connectivity index (χ1v) is 10.4. The molecule has 0 aliphatic heterocycles. The van der Waals surface area contributed by atoms with Crippen molar-refractivity contribution < 1.29 is 14.3 Å². The van der Waals surface area contributed by atoms with Crippen LogP contribution in [0.4, 0.5) is 0 Å². The molecule has 2 aromatic carbocycles. The lowest BCUT2D eigenvalue weighted by atomic mass is 10.0. The number of aryl methyl sites for hydroxylation is 1. The summed E-state index contributed by atoms with van der Waals surface area (Å²) >= 11 is 8.65. The van der Waals surface area contributed by atoms with E-state index in [1.165, 1.54) is 18.4 Å². The van der Waals surface area contributed by atoms with Crippen LogP contribution >= 0.6 is 34.2 Å². The van der Waals surface area contributed by atoms with Crippen LogP contribution in [-0.4, -0.2) is 5.97 Å². The Kier molecular flexibility index (Phi) is 6.46. The topological polar surface area (TPSA) is 35.5 Å². The molecule has 0 aromatic heterocycles. The molecule has 0 saturated heterocycles. The quantitative estimate of drug-likeness (QED) is 0.264. The van der Waals surface area contributed by atoms with E-state index < -0.39 is 0 Å². The normalized spacial score (nSPS) is 13.5. The molecular formula is C21H22ClIO3. The third kappa shape index (κ3) is 4.52. The molecule has 26 heavy (non-hydrogen) atoms. The van der Waals surface area contributed by atoms with Gasteiger partial charge in [-0.05, 0) is 77.1 Å². The van der Waals surface area contributed by atoms with Crippen molar-refractivity contribution in [2.75, 3.05) is 0 Å². The monoisotopic (exact) mass is 484 g/mol. The molecule has 3 rings (SSSR count). The van der Waals surface area contributed by atoms with Crippen LogP contribution in [0.3, 0.4) is 0 Å². The minimum atomic E-state index is -0.248. The zero-order chi connectivity index (χ0) is 18.7. The van der Waals surface area contributed by atoms with E-state index in [1.54, 1.807) is 6.92 Å². The molecule has 0 N–H and O–H groups in total. The van der Waals surface area contributed by atoms with Crippen molar-refractivity contribution in [1.82, 2.24) is 0 Å². The van der Waals surface area contributed by atoms with Crippen molar-refractivity contribution in [3.05, 3.63) is 55.6 Å². The number of carbonyl (C=O) groups excluding carboxylic acids is 1. The number of rotatable bonds is 7. The van der Waals surface area contributed by atoms with Crippen LogP contribution in [0.2, 0.25) is 5.02 Å². The SMILES string of the molecule is CCC(=O)Oc1cccc(I)c1COc1cc(Cl)c(CC)cc1C1CC1. The zero-order valence-electron chi connectivity index (χ0n) is 15.0. The Morgan fingerprint density at radius 3 is 2.65 bits per heavy atom. The number of hydrogen-bond donors (Lipinski definition) is 0. The standard InChI is InChI=1S/C21H22ClIO3/c1-3-13-10-15(14-8-9-14)20(11-17(13)22)25-12-16-18(23)6-5-7-19(16)26-21(24)4-2/h5-7,10-11,14H,3-4,8-9,12H2,1-2H3. The molecule has 0 unspecified atom stereocenters. The summed E-state index contributed by atoms with van der Waals surface area (Å²) in [6.07, 6.45) is 3.64. The van der Waals surface area contributed by atoms with Gasteiger partial charge >= 0.3 is 5.97 Å². The molecule has 1 aliphatic carbocycles. The molecule has 1 aliphatic rings. The maximum atomic E-state index is 11.7. The average Bonchev–Trinajstić information content (AvgIpc) is 3.46. The summed E-state index contributed by atoms with van der Waals surface area (Å²) in [6.45, 7) is 4.23. The van der Waals surface area contributed by atoms with E-state index in [9.17, 15) is 4.79 Å². The van der Waals surface area contributed by atoms with Crippen molar-refractivity contribution in [1.29, 1.82) is 0 Å². The lowest BCUT2D eigenvalue weighted by Crippen LogP contribution is -2.10. The van der Waals surface area contributed by atoms with Crippen LogP contribution in [0.15, 0.2) is 30.3 Å². The van der Waals surface area contributed by atoms with Gasteiger partial charge in [0, 0.05) is 20.6 Å². The molecule has 0 amide bonds. The minimum absolute atomic E-state index is 0.248. The number of carbonyl (C=O) groups is 1. The number of hydrogen-bond acceptors (Lipinski definition) is 3. The molecule has 5 heteroatoms. The molecule has 3 nitrogen and oxygen atoms in total. The molecule has 0 radical (unpaired) electrons. The third-order valence-electron chi connectivity index (χ3n) is 4.54. The second-order valence-corrected chi connectivity index (χ2v) is 8.01. The van der Waals surface area contributed by atoms with Gasteiger partial charge < -0.3 is 9.47 Å². The van der Waals surface area contributed by atoms with E-state index in [1.807, 2.05) is 24.3 Å². The molecule has 0 heterocycles. The highest BCUT2D eigenvalue weighted by Crippen LogP contribution is 2.46. The first kappa shape index (κ1) is 19.5. The van der Waals surface area contributed by atoms with E-state index in [2.05, 4.69) is 35.6 Å². The number of ether oxygens (including phenoxy) is 2. The van der Waals surface area contributed by atoms with Crippen molar-refractivity contribution in [2.24, 2.45) is 0 Å². The van der Waals surface area contributed by atoms with Crippen LogP contribution in [0.1, 0.15) is 55.7 Å². The molecule has 0 spiro atoms. The Balaban J connectivity index is 1.85. The van der Waals surface area contributed by atoms with Gasteiger partial charge in [-0.2, -0.15) is 0 Å². The van der Waals surface area contributed by atoms with Gasteiger partial charge in [0.2, 0.25) is 0 Å². The summed E-state index contributed by atoms with van der Waals surface area (Å²) in [7, 11) is 0. The van der Waals surface area contributed by atoms with Crippen LogP contribution in [-0.2, 0) is 17.8 Å². The summed E-state index contributed by atoms with van der Waals surface area (Å²) in [5, 5.41) is 0.743. The van der Waals surface area contributed by atoms with Gasteiger partial charge in [-0.1, -0.05) is 37.6 Å². The van der Waals surface area contributed by atoms with Gasteiger partial charge in [0.1, 0.15) is 18.1 Å². The van der Waals surface area contributed by atoms with Gasteiger partial charge in [-0.3, -0.25) is 4.79 Å². The van der Waals surface area contributed by atoms with Gasteiger partial charge in [-0.15, -0.1) is 0 Å². The number of benzene rings is 2. The average molecular weight is 485 g/mol. The van der Waals surface area contributed by atoms with Crippen molar-refractivity contribution in [3.63, 3.8) is 0 Å². The summed E-state index contributed by atoms with van der Waals surface area (Å²) in [5.74, 6) is 1.72. The molecule has 1 fully saturated rings. The van der Waals surface area contributed by atoms with Gasteiger partial charge in [0.25, 0.3) is 0 Å². The van der Waals surface area contributed by atoms with Crippen molar-refractivity contribution in [2.45, 2.75) is 52.1 Å². The van der Waals surface area contributed by atoms with Crippen LogP contribution in [0, 0.1) is 3.57 Å². The van der Waals surface area contributed by atoms with E-state index in [4.69, 9.17) is 21.1 Å².